The van der Waals surface area contributed by atoms with Gasteiger partial charge in [0.1, 0.15) is 0 Å². The summed E-state index contributed by atoms with van der Waals surface area (Å²) in [4.78, 5) is 23.9. The fourth-order valence-corrected chi connectivity index (χ4v) is 2.84. The van der Waals surface area contributed by atoms with Crippen LogP contribution >= 0.6 is 0 Å². The number of hydrogen-bond acceptors (Lipinski definition) is 3. The summed E-state index contributed by atoms with van der Waals surface area (Å²) < 4.78 is 0. The lowest BCUT2D eigenvalue weighted by atomic mass is 9.85. The first kappa shape index (κ1) is 16.5. The van der Waals surface area contributed by atoms with E-state index in [-0.39, 0.29) is 6.54 Å². The third-order valence-electron chi connectivity index (χ3n) is 4.21. The van der Waals surface area contributed by atoms with E-state index in [1.165, 1.54) is 0 Å². The molecule has 0 aliphatic heterocycles. The first-order chi connectivity index (χ1) is 10.5. The molecule has 5 nitrogen and oxygen atoms in total. The second kappa shape index (κ2) is 7.40. The van der Waals surface area contributed by atoms with Gasteiger partial charge in [-0.2, -0.15) is 0 Å². The molecule has 1 aromatic carbocycles. The Bertz CT molecular complexity index is 536. The maximum Gasteiger partial charge on any atom is 0.313 e. The maximum absolute atomic E-state index is 12.0. The Morgan fingerprint density at radius 1 is 1.14 bits per heavy atom. The van der Waals surface area contributed by atoms with Crippen molar-refractivity contribution in [2.45, 2.75) is 51.0 Å². The minimum absolute atomic E-state index is 0.134. The summed E-state index contributed by atoms with van der Waals surface area (Å²) in [6.45, 7) is 2.12. The van der Waals surface area contributed by atoms with E-state index in [9.17, 15) is 14.7 Å². The molecule has 1 aliphatic rings. The van der Waals surface area contributed by atoms with Crippen LogP contribution in [0.25, 0.3) is 0 Å². The second-order valence-electron chi connectivity index (χ2n) is 5.93. The third kappa shape index (κ3) is 4.31. The van der Waals surface area contributed by atoms with Crippen LogP contribution in [-0.4, -0.2) is 29.1 Å². The van der Waals surface area contributed by atoms with E-state index in [2.05, 4.69) is 10.6 Å². The van der Waals surface area contributed by atoms with Gasteiger partial charge in [-0.25, -0.2) is 0 Å². The average molecular weight is 304 g/mol. The second-order valence-corrected chi connectivity index (χ2v) is 5.93. The zero-order valence-corrected chi connectivity index (χ0v) is 13.0. The van der Waals surface area contributed by atoms with Gasteiger partial charge >= 0.3 is 11.8 Å². The van der Waals surface area contributed by atoms with E-state index >= 15 is 0 Å². The Hall–Kier alpha value is -1.88. The molecule has 0 bridgehead atoms. The van der Waals surface area contributed by atoms with Crippen molar-refractivity contribution in [1.82, 2.24) is 5.32 Å². The number of carbonyl (C=O) groups is 2. The summed E-state index contributed by atoms with van der Waals surface area (Å²) in [7, 11) is 0. The van der Waals surface area contributed by atoms with Gasteiger partial charge in [0.2, 0.25) is 0 Å². The van der Waals surface area contributed by atoms with Crippen molar-refractivity contribution in [2.75, 3.05) is 11.9 Å². The third-order valence-corrected chi connectivity index (χ3v) is 4.21. The molecule has 0 atom stereocenters. The Morgan fingerprint density at radius 3 is 2.50 bits per heavy atom. The molecular weight excluding hydrogens is 280 g/mol. The summed E-state index contributed by atoms with van der Waals surface area (Å²) in [5.41, 5.74) is 0.770. The van der Waals surface area contributed by atoms with Crippen LogP contribution in [0.2, 0.25) is 0 Å². The fraction of sp³-hybridized carbons (Fsp3) is 0.529. The lowest BCUT2D eigenvalue weighted by Crippen LogP contribution is -2.47. The molecule has 1 aliphatic carbocycles. The molecule has 5 heteroatoms. The van der Waals surface area contributed by atoms with Crippen molar-refractivity contribution in [1.29, 1.82) is 0 Å². The molecule has 2 amide bonds. The standard InChI is InChI=1S/C17H24N2O3/c1-2-13-8-4-5-9-14(13)19-16(21)15(20)18-12-17(22)10-6-3-7-11-17/h4-5,8-9,22H,2-3,6-7,10-12H2,1H3,(H,18,20)(H,19,21). The molecule has 1 fully saturated rings. The number of hydrogen-bond donors (Lipinski definition) is 3. The quantitative estimate of drug-likeness (QED) is 0.744. The summed E-state index contributed by atoms with van der Waals surface area (Å²) in [5, 5.41) is 15.5. The van der Waals surface area contributed by atoms with Gasteiger partial charge in [-0.3, -0.25) is 9.59 Å². The van der Waals surface area contributed by atoms with E-state index in [4.69, 9.17) is 0 Å². The number of nitrogens with one attached hydrogen (secondary N) is 2. The molecular formula is C17H24N2O3. The number of amides is 2. The van der Waals surface area contributed by atoms with E-state index < -0.39 is 17.4 Å². The smallest absolute Gasteiger partial charge is 0.313 e. The van der Waals surface area contributed by atoms with Crippen molar-refractivity contribution < 1.29 is 14.7 Å². The molecule has 0 aromatic heterocycles. The summed E-state index contributed by atoms with van der Waals surface area (Å²) in [6, 6.07) is 7.40. The monoisotopic (exact) mass is 304 g/mol. The topological polar surface area (TPSA) is 78.4 Å². The van der Waals surface area contributed by atoms with Crippen LogP contribution in [0.3, 0.4) is 0 Å². The van der Waals surface area contributed by atoms with Gasteiger partial charge in [-0.1, -0.05) is 44.4 Å². The van der Waals surface area contributed by atoms with Crippen LogP contribution < -0.4 is 10.6 Å². The predicted molar refractivity (Wildman–Crippen MR) is 85.5 cm³/mol. The molecule has 1 saturated carbocycles. The Kier molecular flexibility index (Phi) is 5.55. The largest absolute Gasteiger partial charge is 0.388 e. The molecule has 1 aromatic rings. The number of para-hydroxylation sites is 1. The molecule has 0 radical (unpaired) electrons. The van der Waals surface area contributed by atoms with Crippen molar-refractivity contribution in [2.24, 2.45) is 0 Å². The van der Waals surface area contributed by atoms with E-state index in [0.29, 0.717) is 18.5 Å². The number of aliphatic hydroxyl groups is 1. The molecule has 120 valence electrons. The highest BCUT2D eigenvalue weighted by molar-refractivity contribution is 6.39. The molecule has 0 unspecified atom stereocenters. The van der Waals surface area contributed by atoms with Crippen LogP contribution in [0.15, 0.2) is 24.3 Å². The Labute approximate surface area is 131 Å². The van der Waals surface area contributed by atoms with Crippen LogP contribution in [0.1, 0.15) is 44.6 Å². The highest BCUT2D eigenvalue weighted by Gasteiger charge is 2.30. The normalized spacial score (nSPS) is 16.8. The van der Waals surface area contributed by atoms with Gasteiger partial charge in [0.25, 0.3) is 0 Å². The van der Waals surface area contributed by atoms with Gasteiger partial charge in [-0.15, -0.1) is 0 Å². The zero-order chi connectivity index (χ0) is 16.0. The lowest BCUT2D eigenvalue weighted by Gasteiger charge is -2.31. The molecule has 0 heterocycles. The van der Waals surface area contributed by atoms with Crippen molar-refractivity contribution >= 4 is 17.5 Å². The van der Waals surface area contributed by atoms with Crippen LogP contribution in [-0.2, 0) is 16.0 Å². The summed E-state index contributed by atoms with van der Waals surface area (Å²) >= 11 is 0. The number of rotatable bonds is 4. The molecule has 2 rings (SSSR count). The molecule has 0 saturated heterocycles. The lowest BCUT2D eigenvalue weighted by molar-refractivity contribution is -0.137. The number of benzene rings is 1. The summed E-state index contributed by atoms with van der Waals surface area (Å²) in [5.74, 6) is -1.40. The van der Waals surface area contributed by atoms with Gasteiger partial charge < -0.3 is 15.7 Å². The Balaban J connectivity index is 1.88. The number of carbonyl (C=O) groups excluding carboxylic acids is 2. The van der Waals surface area contributed by atoms with E-state index in [0.717, 1.165) is 31.2 Å². The fourth-order valence-electron chi connectivity index (χ4n) is 2.84. The first-order valence-electron chi connectivity index (χ1n) is 7.93. The minimum Gasteiger partial charge on any atom is -0.388 e. The Morgan fingerprint density at radius 2 is 1.82 bits per heavy atom. The van der Waals surface area contributed by atoms with Gasteiger partial charge in [-0.05, 0) is 30.9 Å². The predicted octanol–water partition coefficient (Wildman–Crippen LogP) is 2.00. The molecule has 3 N–H and O–H groups in total. The highest BCUT2D eigenvalue weighted by atomic mass is 16.3. The van der Waals surface area contributed by atoms with Gasteiger partial charge in [0, 0.05) is 12.2 Å². The van der Waals surface area contributed by atoms with Crippen molar-refractivity contribution in [3.63, 3.8) is 0 Å². The zero-order valence-electron chi connectivity index (χ0n) is 13.0. The first-order valence-corrected chi connectivity index (χ1v) is 7.93. The van der Waals surface area contributed by atoms with Crippen molar-refractivity contribution in [3.05, 3.63) is 29.8 Å². The maximum atomic E-state index is 12.0. The molecule has 22 heavy (non-hydrogen) atoms. The van der Waals surface area contributed by atoms with Crippen LogP contribution in [0, 0.1) is 0 Å². The minimum atomic E-state index is -0.866. The SMILES string of the molecule is CCc1ccccc1NC(=O)C(=O)NCC1(O)CCCCC1. The van der Waals surface area contributed by atoms with E-state index in [1.807, 2.05) is 25.1 Å². The number of aryl methyl sites for hydroxylation is 1. The van der Waals surface area contributed by atoms with E-state index in [1.54, 1.807) is 6.07 Å². The molecule has 0 spiro atoms. The highest BCUT2D eigenvalue weighted by Crippen LogP contribution is 2.27. The van der Waals surface area contributed by atoms with Gasteiger partial charge in [0.05, 0.1) is 5.60 Å². The van der Waals surface area contributed by atoms with Crippen LogP contribution in [0.4, 0.5) is 5.69 Å². The summed E-state index contributed by atoms with van der Waals surface area (Å²) in [6.07, 6.45) is 5.16. The number of anilines is 1. The van der Waals surface area contributed by atoms with Gasteiger partial charge in [0.15, 0.2) is 0 Å². The average Bonchev–Trinajstić information content (AvgIpc) is 2.54. The van der Waals surface area contributed by atoms with Crippen LogP contribution in [0.5, 0.6) is 0 Å². The van der Waals surface area contributed by atoms with Crippen molar-refractivity contribution in [3.8, 4) is 0 Å².